The lowest BCUT2D eigenvalue weighted by molar-refractivity contribution is -0.134. The molecule has 1 fully saturated rings. The van der Waals surface area contributed by atoms with Crippen LogP contribution < -0.4 is 11.1 Å². The van der Waals surface area contributed by atoms with Gasteiger partial charge >= 0.3 is 12.1 Å². The van der Waals surface area contributed by atoms with Crippen LogP contribution in [-0.4, -0.2) is 23.2 Å². The van der Waals surface area contributed by atoms with Gasteiger partial charge in [0, 0.05) is 6.20 Å². The minimum absolute atomic E-state index is 0.247. The number of carboxylic acids is 1. The van der Waals surface area contributed by atoms with Gasteiger partial charge in [-0.15, -0.1) is 0 Å². The van der Waals surface area contributed by atoms with E-state index in [0.717, 1.165) is 12.0 Å². The summed E-state index contributed by atoms with van der Waals surface area (Å²) in [5.41, 5.74) is 3.14. The summed E-state index contributed by atoms with van der Waals surface area (Å²) in [7, 11) is 0. The largest absolute Gasteiger partial charge is 0.478 e. The van der Waals surface area contributed by atoms with Crippen LogP contribution in [0.15, 0.2) is 53.2 Å². The molecule has 2 rings (SSSR count). The van der Waals surface area contributed by atoms with Crippen molar-refractivity contribution < 1.29 is 27.5 Å². The standard InChI is InChI=1S/C17H17F4N3O2/c1-10(17(19,20)21)13(14(25)26)9-23-15(22)24-16(7-2-8-16)11-3-5-12(18)6-4-11/h3-6,9H,1-2,7-8H2,(H,25,26)(H3,22,23,24)/b13-9+. The lowest BCUT2D eigenvalue weighted by Crippen LogP contribution is -2.38. The second-order valence-electron chi connectivity index (χ2n) is 5.87. The number of hydrogen-bond donors (Lipinski definition) is 3. The van der Waals surface area contributed by atoms with Crippen LogP contribution in [0.25, 0.3) is 0 Å². The van der Waals surface area contributed by atoms with Gasteiger partial charge < -0.3 is 16.2 Å². The molecule has 0 aliphatic heterocycles. The second-order valence-corrected chi connectivity index (χ2v) is 5.87. The first-order valence-corrected chi connectivity index (χ1v) is 7.63. The molecule has 26 heavy (non-hydrogen) atoms. The van der Waals surface area contributed by atoms with Crippen molar-refractivity contribution in [3.63, 3.8) is 0 Å². The highest BCUT2D eigenvalue weighted by atomic mass is 19.4. The first kappa shape index (κ1) is 19.5. The fourth-order valence-electron chi connectivity index (χ4n) is 2.58. The van der Waals surface area contributed by atoms with E-state index in [1.54, 1.807) is 12.1 Å². The van der Waals surface area contributed by atoms with Crippen molar-refractivity contribution >= 4 is 11.9 Å². The zero-order valence-electron chi connectivity index (χ0n) is 13.6. The van der Waals surface area contributed by atoms with E-state index in [1.807, 2.05) is 0 Å². The Kier molecular flexibility index (Phi) is 5.38. The molecule has 1 aromatic rings. The molecular formula is C17H17F4N3O2. The molecule has 5 nitrogen and oxygen atoms in total. The van der Waals surface area contributed by atoms with Crippen LogP contribution in [0.1, 0.15) is 24.8 Å². The number of nitrogens with zero attached hydrogens (tertiary/aromatic N) is 1. The van der Waals surface area contributed by atoms with Gasteiger partial charge in [0.1, 0.15) is 5.82 Å². The molecule has 0 aromatic heterocycles. The van der Waals surface area contributed by atoms with Crippen molar-refractivity contribution in [1.82, 2.24) is 5.32 Å². The number of nitrogens with one attached hydrogen (secondary N) is 1. The summed E-state index contributed by atoms with van der Waals surface area (Å²) in [6, 6.07) is 5.69. The number of hydrogen-bond acceptors (Lipinski definition) is 2. The van der Waals surface area contributed by atoms with Crippen LogP contribution >= 0.6 is 0 Å². The van der Waals surface area contributed by atoms with E-state index in [9.17, 15) is 22.4 Å². The van der Waals surface area contributed by atoms with Gasteiger partial charge in [-0.3, -0.25) is 0 Å². The molecule has 0 heterocycles. The van der Waals surface area contributed by atoms with Gasteiger partial charge in [0.05, 0.1) is 16.7 Å². The van der Waals surface area contributed by atoms with Crippen molar-refractivity contribution in [1.29, 1.82) is 0 Å². The van der Waals surface area contributed by atoms with Crippen molar-refractivity contribution in [2.45, 2.75) is 31.0 Å². The predicted molar refractivity (Wildman–Crippen MR) is 87.6 cm³/mol. The fourth-order valence-corrected chi connectivity index (χ4v) is 2.58. The quantitative estimate of drug-likeness (QED) is 0.244. The van der Waals surface area contributed by atoms with Gasteiger partial charge in [0.25, 0.3) is 0 Å². The van der Waals surface area contributed by atoms with Crippen molar-refractivity contribution in [2.24, 2.45) is 10.7 Å². The minimum Gasteiger partial charge on any atom is -0.478 e. The van der Waals surface area contributed by atoms with Crippen LogP contribution in [0.3, 0.4) is 0 Å². The zero-order chi connectivity index (χ0) is 19.5. The molecule has 0 bridgehead atoms. The maximum atomic E-state index is 13.1. The summed E-state index contributed by atoms with van der Waals surface area (Å²) in [6.45, 7) is 2.75. The Morgan fingerprint density at radius 3 is 2.31 bits per heavy atom. The van der Waals surface area contributed by atoms with Gasteiger partial charge in [-0.05, 0) is 37.0 Å². The molecule has 4 N–H and O–H groups in total. The van der Waals surface area contributed by atoms with Crippen LogP contribution in [0.4, 0.5) is 17.6 Å². The van der Waals surface area contributed by atoms with Gasteiger partial charge in [0.15, 0.2) is 5.96 Å². The Hall–Kier alpha value is -2.84. The number of benzene rings is 1. The molecule has 0 amide bonds. The first-order chi connectivity index (χ1) is 12.0. The smallest absolute Gasteiger partial charge is 0.416 e. The van der Waals surface area contributed by atoms with E-state index in [1.165, 1.54) is 12.1 Å². The van der Waals surface area contributed by atoms with E-state index in [0.29, 0.717) is 19.0 Å². The SMILES string of the molecule is C=C(/C(=C\NC(N)=NC1(c2ccc(F)cc2)CCC1)C(=O)O)C(F)(F)F. The Labute approximate surface area is 146 Å². The highest BCUT2D eigenvalue weighted by molar-refractivity contribution is 5.93. The number of alkyl halides is 3. The van der Waals surface area contributed by atoms with E-state index in [2.05, 4.69) is 16.9 Å². The van der Waals surface area contributed by atoms with Crippen molar-refractivity contribution in [2.75, 3.05) is 0 Å². The molecule has 1 aliphatic carbocycles. The fraction of sp³-hybridized carbons (Fsp3) is 0.294. The number of aliphatic imine (C=N–C) groups is 1. The third-order valence-corrected chi connectivity index (χ3v) is 4.16. The van der Waals surface area contributed by atoms with Crippen LogP contribution in [0, 0.1) is 5.82 Å². The summed E-state index contributed by atoms with van der Waals surface area (Å²) in [4.78, 5) is 15.3. The Morgan fingerprint density at radius 1 is 1.31 bits per heavy atom. The molecule has 0 unspecified atom stereocenters. The minimum atomic E-state index is -4.89. The molecular weight excluding hydrogens is 354 g/mol. The second kappa shape index (κ2) is 7.19. The molecule has 0 saturated heterocycles. The van der Waals surface area contributed by atoms with Crippen LogP contribution in [0.5, 0.6) is 0 Å². The highest BCUT2D eigenvalue weighted by Gasteiger charge is 2.39. The average Bonchev–Trinajstić information content (AvgIpc) is 2.50. The average molecular weight is 371 g/mol. The van der Waals surface area contributed by atoms with Gasteiger partial charge in [-0.1, -0.05) is 18.7 Å². The Bertz CT molecular complexity index is 763. The summed E-state index contributed by atoms with van der Waals surface area (Å²) >= 11 is 0. The lowest BCUT2D eigenvalue weighted by atomic mass is 9.72. The van der Waals surface area contributed by atoms with Gasteiger partial charge in [-0.2, -0.15) is 13.2 Å². The van der Waals surface area contributed by atoms with E-state index in [-0.39, 0.29) is 5.96 Å². The maximum Gasteiger partial charge on any atom is 0.416 e. The normalized spacial score (nSPS) is 17.4. The predicted octanol–water partition coefficient (Wildman–Crippen LogP) is 3.20. The zero-order valence-corrected chi connectivity index (χ0v) is 13.6. The van der Waals surface area contributed by atoms with Crippen molar-refractivity contribution in [3.8, 4) is 0 Å². The number of carbonyl (C=O) groups is 1. The van der Waals surface area contributed by atoms with E-state index in [4.69, 9.17) is 10.8 Å². The first-order valence-electron chi connectivity index (χ1n) is 7.63. The monoisotopic (exact) mass is 371 g/mol. The number of carboxylic acid groups (broad SMARTS) is 1. The third kappa shape index (κ3) is 4.22. The summed E-state index contributed by atoms with van der Waals surface area (Å²) < 4.78 is 51.0. The molecule has 140 valence electrons. The topological polar surface area (TPSA) is 87.7 Å². The van der Waals surface area contributed by atoms with E-state index < -0.39 is 34.6 Å². The summed E-state index contributed by atoms with van der Waals surface area (Å²) in [5.74, 6) is -2.45. The molecule has 1 saturated carbocycles. The molecule has 0 atom stereocenters. The van der Waals surface area contributed by atoms with Crippen molar-refractivity contribution in [3.05, 3.63) is 59.6 Å². The molecule has 1 aliphatic rings. The highest BCUT2D eigenvalue weighted by Crippen LogP contribution is 2.44. The number of nitrogens with two attached hydrogens (primary N) is 1. The number of rotatable bonds is 5. The maximum absolute atomic E-state index is 13.1. The molecule has 9 heteroatoms. The molecule has 0 radical (unpaired) electrons. The van der Waals surface area contributed by atoms with E-state index >= 15 is 0 Å². The molecule has 1 aromatic carbocycles. The number of halogens is 4. The summed E-state index contributed by atoms with van der Waals surface area (Å²) in [5, 5.41) is 11.2. The number of aliphatic carboxylic acids is 1. The lowest BCUT2D eigenvalue weighted by Gasteiger charge is -2.39. The van der Waals surface area contributed by atoms with Crippen LogP contribution in [-0.2, 0) is 10.3 Å². The van der Waals surface area contributed by atoms with Gasteiger partial charge in [0.2, 0.25) is 0 Å². The molecule has 0 spiro atoms. The number of guanidine groups is 1. The summed E-state index contributed by atoms with van der Waals surface area (Å²) in [6.07, 6.45) is -2.16. The third-order valence-electron chi connectivity index (χ3n) is 4.16. The Morgan fingerprint density at radius 2 is 1.88 bits per heavy atom. The van der Waals surface area contributed by atoms with Crippen LogP contribution in [0.2, 0.25) is 0 Å². The Balaban J connectivity index is 2.23. The van der Waals surface area contributed by atoms with Gasteiger partial charge in [-0.25, -0.2) is 14.2 Å².